The SMILES string of the molecule is C[Si](C)(C)CCOCn1ccc2cncnc21. The fraction of sp³-hybridized carbons (Fsp3) is 0.500. The van der Waals surface area contributed by atoms with E-state index in [1.54, 1.807) is 6.33 Å². The third-order valence-corrected chi connectivity index (χ3v) is 4.36. The lowest BCUT2D eigenvalue weighted by Gasteiger charge is -2.15. The lowest BCUT2D eigenvalue weighted by molar-refractivity contribution is 0.0899. The largest absolute Gasteiger partial charge is 0.361 e. The van der Waals surface area contributed by atoms with Crippen LogP contribution >= 0.6 is 0 Å². The molecule has 0 N–H and O–H groups in total. The number of ether oxygens (including phenoxy) is 1. The van der Waals surface area contributed by atoms with Crippen molar-refractivity contribution in [3.8, 4) is 0 Å². The van der Waals surface area contributed by atoms with Gasteiger partial charge in [0.2, 0.25) is 0 Å². The molecule has 0 saturated heterocycles. The third kappa shape index (κ3) is 3.37. The van der Waals surface area contributed by atoms with Crippen molar-refractivity contribution in [3.05, 3.63) is 24.8 Å². The minimum absolute atomic E-state index is 0.574. The number of rotatable bonds is 5. The lowest BCUT2D eigenvalue weighted by Crippen LogP contribution is -2.22. The quantitative estimate of drug-likeness (QED) is 0.604. The van der Waals surface area contributed by atoms with E-state index in [9.17, 15) is 0 Å². The zero-order chi connectivity index (χ0) is 12.3. The van der Waals surface area contributed by atoms with Crippen LogP contribution in [-0.4, -0.2) is 29.2 Å². The van der Waals surface area contributed by atoms with E-state index >= 15 is 0 Å². The molecule has 17 heavy (non-hydrogen) atoms. The molecule has 0 aromatic carbocycles. The number of nitrogens with zero attached hydrogens (tertiary/aromatic N) is 3. The molecule has 0 spiro atoms. The second-order valence-electron chi connectivity index (χ2n) is 5.44. The molecule has 0 saturated carbocycles. The first kappa shape index (κ1) is 12.3. The van der Waals surface area contributed by atoms with Gasteiger partial charge in [-0.25, -0.2) is 9.97 Å². The molecule has 2 heterocycles. The molecule has 0 unspecified atom stereocenters. The van der Waals surface area contributed by atoms with Crippen LogP contribution in [-0.2, 0) is 11.5 Å². The third-order valence-electron chi connectivity index (χ3n) is 2.65. The Labute approximate surface area is 103 Å². The summed E-state index contributed by atoms with van der Waals surface area (Å²) in [6.45, 7) is 8.48. The van der Waals surface area contributed by atoms with Crippen LogP contribution in [0.4, 0.5) is 0 Å². The van der Waals surface area contributed by atoms with Crippen molar-refractivity contribution in [2.75, 3.05) is 6.61 Å². The Morgan fingerprint density at radius 2 is 2.18 bits per heavy atom. The predicted octanol–water partition coefficient (Wildman–Crippen LogP) is 2.74. The fourth-order valence-corrected chi connectivity index (χ4v) is 2.33. The summed E-state index contributed by atoms with van der Waals surface area (Å²) >= 11 is 0. The average molecular weight is 249 g/mol. The van der Waals surface area contributed by atoms with E-state index in [4.69, 9.17) is 4.74 Å². The first-order chi connectivity index (χ1) is 8.06. The topological polar surface area (TPSA) is 39.9 Å². The summed E-state index contributed by atoms with van der Waals surface area (Å²) < 4.78 is 7.71. The Bertz CT molecular complexity index is 490. The van der Waals surface area contributed by atoms with Crippen molar-refractivity contribution in [1.29, 1.82) is 0 Å². The Kier molecular flexibility index (Phi) is 3.59. The number of hydrogen-bond donors (Lipinski definition) is 0. The van der Waals surface area contributed by atoms with Crippen molar-refractivity contribution in [2.24, 2.45) is 0 Å². The summed E-state index contributed by atoms with van der Waals surface area (Å²) in [7, 11) is -0.993. The van der Waals surface area contributed by atoms with E-state index in [2.05, 4.69) is 29.6 Å². The van der Waals surface area contributed by atoms with Gasteiger partial charge >= 0.3 is 0 Å². The molecule has 0 bridgehead atoms. The molecule has 0 aliphatic heterocycles. The summed E-state index contributed by atoms with van der Waals surface area (Å²) in [6, 6.07) is 3.21. The number of aromatic nitrogens is 3. The Hall–Kier alpha value is -1.20. The minimum atomic E-state index is -0.993. The first-order valence-electron chi connectivity index (χ1n) is 5.89. The summed E-state index contributed by atoms with van der Waals surface area (Å²) in [5, 5.41) is 1.06. The van der Waals surface area contributed by atoms with Crippen LogP contribution < -0.4 is 0 Å². The van der Waals surface area contributed by atoms with Crippen LogP contribution in [0.1, 0.15) is 0 Å². The highest BCUT2D eigenvalue weighted by Crippen LogP contribution is 2.12. The minimum Gasteiger partial charge on any atom is -0.361 e. The van der Waals surface area contributed by atoms with E-state index < -0.39 is 8.07 Å². The van der Waals surface area contributed by atoms with Gasteiger partial charge in [-0.05, 0) is 12.1 Å². The maximum Gasteiger partial charge on any atom is 0.145 e. The Morgan fingerprint density at radius 3 is 2.94 bits per heavy atom. The second-order valence-corrected chi connectivity index (χ2v) is 11.1. The molecule has 4 nitrogen and oxygen atoms in total. The molecule has 2 aromatic heterocycles. The summed E-state index contributed by atoms with van der Waals surface area (Å²) in [4.78, 5) is 8.24. The maximum absolute atomic E-state index is 5.70. The molecule has 0 amide bonds. The molecule has 2 aromatic rings. The molecule has 5 heteroatoms. The number of hydrogen-bond acceptors (Lipinski definition) is 3. The average Bonchev–Trinajstić information content (AvgIpc) is 2.67. The van der Waals surface area contributed by atoms with Gasteiger partial charge < -0.3 is 9.30 Å². The molecular weight excluding hydrogens is 230 g/mol. The maximum atomic E-state index is 5.70. The smallest absolute Gasteiger partial charge is 0.145 e. The second kappa shape index (κ2) is 4.97. The van der Waals surface area contributed by atoms with Crippen LogP contribution in [0, 0.1) is 0 Å². The monoisotopic (exact) mass is 249 g/mol. The molecule has 0 aliphatic rings. The highest BCUT2D eigenvalue weighted by molar-refractivity contribution is 6.76. The molecule has 0 fully saturated rings. The first-order valence-corrected chi connectivity index (χ1v) is 9.59. The van der Waals surface area contributed by atoms with Gasteiger partial charge in [0, 0.05) is 32.5 Å². The lowest BCUT2D eigenvalue weighted by atomic mass is 10.4. The van der Waals surface area contributed by atoms with Gasteiger partial charge in [-0.3, -0.25) is 0 Å². The number of fused-ring (bicyclic) bond motifs is 1. The van der Waals surface area contributed by atoms with Crippen LogP contribution in [0.3, 0.4) is 0 Å². The van der Waals surface area contributed by atoms with Gasteiger partial charge in [0.25, 0.3) is 0 Å². The molecule has 0 aliphatic carbocycles. The Morgan fingerprint density at radius 1 is 1.35 bits per heavy atom. The zero-order valence-corrected chi connectivity index (χ0v) is 11.7. The van der Waals surface area contributed by atoms with Gasteiger partial charge in [0.05, 0.1) is 0 Å². The van der Waals surface area contributed by atoms with E-state index in [1.165, 1.54) is 6.04 Å². The normalized spacial score (nSPS) is 12.2. The fourth-order valence-electron chi connectivity index (χ4n) is 1.58. The van der Waals surface area contributed by atoms with Crippen LogP contribution in [0.2, 0.25) is 25.7 Å². The highest BCUT2D eigenvalue weighted by Gasteiger charge is 2.12. The van der Waals surface area contributed by atoms with Crippen LogP contribution in [0.15, 0.2) is 24.8 Å². The van der Waals surface area contributed by atoms with Crippen molar-refractivity contribution in [3.63, 3.8) is 0 Å². The van der Waals surface area contributed by atoms with Gasteiger partial charge in [0.15, 0.2) is 0 Å². The molecule has 2 rings (SSSR count). The van der Waals surface area contributed by atoms with Crippen molar-refractivity contribution < 1.29 is 4.74 Å². The summed E-state index contributed by atoms with van der Waals surface area (Å²) in [5.74, 6) is 0. The van der Waals surface area contributed by atoms with Crippen LogP contribution in [0.25, 0.3) is 11.0 Å². The standard InChI is InChI=1S/C12H19N3OSi/c1-17(2,3)7-6-16-10-15-5-4-11-8-13-9-14-12(11)15/h4-5,8-9H,6-7,10H2,1-3H3. The van der Waals surface area contributed by atoms with E-state index in [-0.39, 0.29) is 0 Å². The van der Waals surface area contributed by atoms with E-state index in [0.29, 0.717) is 6.73 Å². The van der Waals surface area contributed by atoms with Gasteiger partial charge in [-0.15, -0.1) is 0 Å². The van der Waals surface area contributed by atoms with Crippen LogP contribution in [0.5, 0.6) is 0 Å². The van der Waals surface area contributed by atoms with Gasteiger partial charge in [-0.1, -0.05) is 19.6 Å². The molecule has 0 radical (unpaired) electrons. The summed E-state index contributed by atoms with van der Waals surface area (Å²) in [6.07, 6.45) is 5.38. The molecule has 92 valence electrons. The van der Waals surface area contributed by atoms with Crippen molar-refractivity contribution in [2.45, 2.75) is 32.4 Å². The highest BCUT2D eigenvalue weighted by atomic mass is 28.3. The van der Waals surface area contributed by atoms with Gasteiger partial charge in [0.1, 0.15) is 18.7 Å². The van der Waals surface area contributed by atoms with Gasteiger partial charge in [-0.2, -0.15) is 0 Å². The molecule has 0 atom stereocenters. The Balaban J connectivity index is 1.91. The van der Waals surface area contributed by atoms with E-state index in [1.807, 2.05) is 23.0 Å². The van der Waals surface area contributed by atoms with E-state index in [0.717, 1.165) is 17.6 Å². The van der Waals surface area contributed by atoms with Crippen molar-refractivity contribution >= 4 is 19.1 Å². The summed E-state index contributed by atoms with van der Waals surface area (Å²) in [5.41, 5.74) is 0.938. The van der Waals surface area contributed by atoms with Crippen molar-refractivity contribution in [1.82, 2.24) is 14.5 Å². The molecular formula is C12H19N3OSi. The predicted molar refractivity (Wildman–Crippen MR) is 71.6 cm³/mol. The zero-order valence-electron chi connectivity index (χ0n) is 10.7.